The van der Waals surface area contributed by atoms with Crippen LogP contribution in [0, 0.1) is 5.92 Å². The third-order valence-corrected chi connectivity index (χ3v) is 8.10. The van der Waals surface area contributed by atoms with Crippen LogP contribution in [0.25, 0.3) is 5.69 Å². The number of carbonyl (C=O) groups excluding carboxylic acids is 1. The Morgan fingerprint density at radius 2 is 1.64 bits per heavy atom. The molecule has 2 heterocycles. The lowest BCUT2D eigenvalue weighted by molar-refractivity contribution is -0.119. The second kappa shape index (κ2) is 9.29. The molecule has 1 N–H and O–H groups in total. The van der Waals surface area contributed by atoms with Gasteiger partial charge in [0.15, 0.2) is 0 Å². The van der Waals surface area contributed by atoms with Gasteiger partial charge in [-0.2, -0.15) is 0 Å². The van der Waals surface area contributed by atoms with Crippen LogP contribution in [0.4, 0.5) is 5.69 Å². The van der Waals surface area contributed by atoms with E-state index in [1.165, 1.54) is 11.3 Å². The monoisotopic (exact) mass is 474 g/mol. The minimum Gasteiger partial charge on any atom is -0.497 e. The predicted molar refractivity (Wildman–Crippen MR) is 134 cm³/mol. The Labute approximate surface area is 200 Å². The summed E-state index contributed by atoms with van der Waals surface area (Å²) in [5, 5.41) is 3.99. The highest BCUT2D eigenvalue weighted by atomic mass is 32.2. The minimum absolute atomic E-state index is 0.0316. The van der Waals surface area contributed by atoms with Crippen molar-refractivity contribution in [1.82, 2.24) is 4.57 Å². The number of amides is 1. The largest absolute Gasteiger partial charge is 0.497 e. The van der Waals surface area contributed by atoms with E-state index in [9.17, 15) is 9.59 Å². The Morgan fingerprint density at radius 1 is 0.970 bits per heavy atom. The lowest BCUT2D eigenvalue weighted by atomic mass is 9.85. The summed E-state index contributed by atoms with van der Waals surface area (Å²) in [6, 6.07) is 27.0. The first-order valence-electron chi connectivity index (χ1n) is 10.6. The van der Waals surface area contributed by atoms with Crippen LogP contribution >= 0.6 is 23.1 Å². The van der Waals surface area contributed by atoms with E-state index in [4.69, 9.17) is 4.74 Å². The third kappa shape index (κ3) is 4.21. The zero-order valence-corrected chi connectivity index (χ0v) is 19.6. The summed E-state index contributed by atoms with van der Waals surface area (Å²) >= 11 is 2.81. The fourth-order valence-corrected chi connectivity index (χ4v) is 6.85. The molecule has 7 heteroatoms. The highest BCUT2D eigenvalue weighted by Crippen LogP contribution is 2.47. The van der Waals surface area contributed by atoms with Crippen molar-refractivity contribution in [3.8, 4) is 11.4 Å². The minimum atomic E-state index is -0.311. The third-order valence-electron chi connectivity index (χ3n) is 5.75. The molecule has 1 aliphatic heterocycles. The van der Waals surface area contributed by atoms with E-state index < -0.39 is 0 Å². The summed E-state index contributed by atoms with van der Waals surface area (Å²) in [5.74, 6) is 0.759. The fourth-order valence-electron chi connectivity index (χ4n) is 4.14. The molecule has 166 valence electrons. The second-order valence-electron chi connectivity index (χ2n) is 7.73. The summed E-state index contributed by atoms with van der Waals surface area (Å²) < 4.78 is 6.98. The summed E-state index contributed by atoms with van der Waals surface area (Å²) in [5.41, 5.74) is 2.61. The smallest absolute Gasteiger partial charge is 0.312 e. The number of nitrogens with zero attached hydrogens (tertiary/aromatic N) is 1. The molecular formula is C26H22N2O3S2. The Balaban J connectivity index is 1.54. The molecule has 0 radical (unpaired) electrons. The molecule has 2 atom stereocenters. The van der Waals surface area contributed by atoms with Gasteiger partial charge in [-0.1, -0.05) is 59.9 Å². The maximum absolute atomic E-state index is 13.4. The van der Waals surface area contributed by atoms with E-state index in [2.05, 4.69) is 5.32 Å². The van der Waals surface area contributed by atoms with E-state index in [0.717, 1.165) is 32.6 Å². The average molecular weight is 475 g/mol. The molecule has 0 aliphatic carbocycles. The first-order chi connectivity index (χ1) is 16.2. The molecule has 3 aromatic carbocycles. The van der Waals surface area contributed by atoms with Crippen LogP contribution < -0.4 is 14.9 Å². The summed E-state index contributed by atoms with van der Waals surface area (Å²) in [6.07, 6.45) is 0. The van der Waals surface area contributed by atoms with Crippen molar-refractivity contribution in [1.29, 1.82) is 0 Å². The van der Waals surface area contributed by atoms with Crippen molar-refractivity contribution in [2.75, 3.05) is 18.2 Å². The molecule has 33 heavy (non-hydrogen) atoms. The molecule has 5 nitrogen and oxygen atoms in total. The van der Waals surface area contributed by atoms with Gasteiger partial charge in [0.05, 0.1) is 23.7 Å². The number of hydrogen-bond donors (Lipinski definition) is 1. The van der Waals surface area contributed by atoms with Gasteiger partial charge in [-0.05, 0) is 42.0 Å². The molecule has 4 aromatic rings. The summed E-state index contributed by atoms with van der Waals surface area (Å²) in [4.78, 5) is 27.4. The number of thioether (sulfide) groups is 1. The number of ether oxygens (including phenoxy) is 1. The van der Waals surface area contributed by atoms with Crippen LogP contribution in [0.2, 0.25) is 0 Å². The van der Waals surface area contributed by atoms with Gasteiger partial charge in [0, 0.05) is 22.2 Å². The van der Waals surface area contributed by atoms with Gasteiger partial charge in [0.1, 0.15) is 5.75 Å². The number of methoxy groups -OCH3 is 1. The SMILES string of the molecule is COc1ccc(NC(=O)[C@H]2CSc3c(sc(=O)n3-c3ccccc3)[C@H]2c2ccccc2)cc1. The molecule has 0 spiro atoms. The molecule has 5 rings (SSSR count). The highest BCUT2D eigenvalue weighted by Gasteiger charge is 2.39. The Bertz CT molecular complexity index is 1320. The van der Waals surface area contributed by atoms with Crippen LogP contribution in [0.15, 0.2) is 94.7 Å². The number of fused-ring (bicyclic) bond motifs is 1. The van der Waals surface area contributed by atoms with Crippen molar-refractivity contribution in [2.24, 2.45) is 5.92 Å². The van der Waals surface area contributed by atoms with Crippen LogP contribution in [0.5, 0.6) is 5.75 Å². The normalized spacial score (nSPS) is 17.2. The molecule has 1 aromatic heterocycles. The number of aromatic nitrogens is 1. The maximum atomic E-state index is 13.4. The van der Waals surface area contributed by atoms with Crippen molar-refractivity contribution in [2.45, 2.75) is 10.9 Å². The van der Waals surface area contributed by atoms with Gasteiger partial charge in [-0.25, -0.2) is 0 Å². The second-order valence-corrected chi connectivity index (χ2v) is 9.73. The van der Waals surface area contributed by atoms with Crippen molar-refractivity contribution >= 4 is 34.7 Å². The molecule has 0 fully saturated rings. The van der Waals surface area contributed by atoms with Crippen molar-refractivity contribution < 1.29 is 9.53 Å². The number of hydrogen-bond acceptors (Lipinski definition) is 5. The Morgan fingerprint density at radius 3 is 2.30 bits per heavy atom. The molecule has 0 saturated heterocycles. The van der Waals surface area contributed by atoms with E-state index in [-0.39, 0.29) is 22.6 Å². The van der Waals surface area contributed by atoms with E-state index in [1.54, 1.807) is 23.4 Å². The van der Waals surface area contributed by atoms with Crippen LogP contribution in [0.1, 0.15) is 16.4 Å². The van der Waals surface area contributed by atoms with Crippen LogP contribution in [-0.4, -0.2) is 23.3 Å². The number of anilines is 1. The van der Waals surface area contributed by atoms with E-state index >= 15 is 0 Å². The quantitative estimate of drug-likeness (QED) is 0.421. The average Bonchev–Trinajstić information content (AvgIpc) is 3.20. The topological polar surface area (TPSA) is 60.3 Å². The zero-order valence-electron chi connectivity index (χ0n) is 17.9. The van der Waals surface area contributed by atoms with Gasteiger partial charge < -0.3 is 10.1 Å². The first kappa shape index (κ1) is 21.6. The lowest BCUT2D eigenvalue weighted by Crippen LogP contribution is -2.33. The van der Waals surface area contributed by atoms with Gasteiger partial charge in [0.2, 0.25) is 5.91 Å². The van der Waals surface area contributed by atoms with E-state index in [1.807, 2.05) is 84.9 Å². The number of benzene rings is 3. The van der Waals surface area contributed by atoms with Crippen LogP contribution in [0.3, 0.4) is 0 Å². The Kier molecular flexibility index (Phi) is 6.07. The zero-order chi connectivity index (χ0) is 22.8. The van der Waals surface area contributed by atoms with Crippen molar-refractivity contribution in [3.63, 3.8) is 0 Å². The van der Waals surface area contributed by atoms with Gasteiger partial charge in [-0.3, -0.25) is 14.2 Å². The van der Waals surface area contributed by atoms with Crippen LogP contribution in [-0.2, 0) is 4.79 Å². The molecular weight excluding hydrogens is 452 g/mol. The van der Waals surface area contributed by atoms with Gasteiger partial charge >= 0.3 is 4.87 Å². The fraction of sp³-hybridized carbons (Fsp3) is 0.154. The highest BCUT2D eigenvalue weighted by molar-refractivity contribution is 7.99. The number of thiazole rings is 1. The van der Waals surface area contributed by atoms with Crippen molar-refractivity contribution in [3.05, 3.63) is 105 Å². The number of carbonyl (C=O) groups is 1. The molecule has 0 saturated carbocycles. The molecule has 0 unspecified atom stereocenters. The molecule has 1 aliphatic rings. The summed E-state index contributed by atoms with van der Waals surface area (Å²) in [7, 11) is 1.61. The number of rotatable bonds is 5. The number of para-hydroxylation sites is 1. The molecule has 0 bridgehead atoms. The predicted octanol–water partition coefficient (Wildman–Crippen LogP) is 5.40. The standard InChI is InChI=1S/C26H22N2O3S2/c1-31-20-14-12-18(13-15-20)27-24(29)21-16-32-25-23(22(21)17-8-4-2-5-9-17)33-26(30)28(25)19-10-6-3-7-11-19/h2-15,21-22H,16H2,1H3,(H,27,29)/t21-,22-/m0/s1. The number of nitrogens with one attached hydrogen (secondary N) is 1. The van der Waals surface area contributed by atoms with Gasteiger partial charge in [0.25, 0.3) is 0 Å². The molecule has 1 amide bonds. The maximum Gasteiger partial charge on any atom is 0.312 e. The summed E-state index contributed by atoms with van der Waals surface area (Å²) in [6.45, 7) is 0. The Hall–Kier alpha value is -3.29. The lowest BCUT2D eigenvalue weighted by Gasteiger charge is -2.31. The van der Waals surface area contributed by atoms with Gasteiger partial charge in [-0.15, -0.1) is 11.8 Å². The first-order valence-corrected chi connectivity index (χ1v) is 12.4. The van der Waals surface area contributed by atoms with E-state index in [0.29, 0.717) is 5.75 Å².